The highest BCUT2D eigenvalue weighted by atomic mass is 35.5. The van der Waals surface area contributed by atoms with E-state index >= 15 is 0 Å². The molecule has 4 bridgehead atoms. The van der Waals surface area contributed by atoms with Crippen LogP contribution in [0.25, 0.3) is 0 Å². The van der Waals surface area contributed by atoms with Gasteiger partial charge in [0.25, 0.3) is 0 Å². The Morgan fingerprint density at radius 3 is 2.92 bits per heavy atom. The number of halogens is 1. The zero-order chi connectivity index (χ0) is 16.9. The van der Waals surface area contributed by atoms with E-state index in [1.807, 2.05) is 18.2 Å². The number of fused-ring (bicyclic) bond motifs is 1. The average Bonchev–Trinajstić information content (AvgIpc) is 2.83. The predicted octanol–water partition coefficient (Wildman–Crippen LogP) is 3.23. The van der Waals surface area contributed by atoms with E-state index in [1.54, 1.807) is 7.11 Å². The van der Waals surface area contributed by atoms with Crippen molar-refractivity contribution in [3.05, 3.63) is 34.9 Å². The van der Waals surface area contributed by atoms with E-state index in [4.69, 9.17) is 25.8 Å². The Balaban J connectivity index is 1.45. The monoisotopic (exact) mass is 351 g/mol. The molecule has 0 radical (unpaired) electrons. The molecule has 3 saturated heterocycles. The molecule has 1 aromatic carbocycles. The maximum absolute atomic E-state index is 6.36. The second-order valence-corrected chi connectivity index (χ2v) is 7.95. The van der Waals surface area contributed by atoms with Crippen LogP contribution < -0.4 is 5.32 Å². The summed E-state index contributed by atoms with van der Waals surface area (Å²) < 4.78 is 17.9. The molecule has 1 saturated carbocycles. The van der Waals surface area contributed by atoms with Crippen LogP contribution in [0.1, 0.15) is 25.8 Å². The standard InChI is InChI=1S/C19H26ClNO3/c1-11-13-10-15(21-9-8-12-6-4-5-7-14(12)20)19(2)16(13)18(22-3)23-17(11)24-19/h4-7,11,13,15-18,21H,8-10H2,1-3H3. The highest BCUT2D eigenvalue weighted by Crippen LogP contribution is 2.58. The van der Waals surface area contributed by atoms with Crippen LogP contribution >= 0.6 is 11.6 Å². The van der Waals surface area contributed by atoms with E-state index < -0.39 is 0 Å². The molecule has 7 atom stereocenters. The van der Waals surface area contributed by atoms with Gasteiger partial charge in [0.1, 0.15) is 0 Å². The number of methoxy groups -OCH3 is 1. The molecule has 0 aromatic heterocycles. The van der Waals surface area contributed by atoms with Gasteiger partial charge in [-0.1, -0.05) is 36.7 Å². The fourth-order valence-corrected chi connectivity index (χ4v) is 5.21. The van der Waals surface area contributed by atoms with Gasteiger partial charge in [-0.3, -0.25) is 0 Å². The van der Waals surface area contributed by atoms with Crippen molar-refractivity contribution in [2.24, 2.45) is 17.8 Å². The fourth-order valence-electron chi connectivity index (χ4n) is 4.98. The quantitative estimate of drug-likeness (QED) is 0.884. The van der Waals surface area contributed by atoms with Crippen LogP contribution in [0, 0.1) is 17.8 Å². The second kappa shape index (κ2) is 6.26. The number of nitrogens with one attached hydrogen (secondary N) is 1. The predicted molar refractivity (Wildman–Crippen MR) is 92.9 cm³/mol. The molecule has 1 aliphatic carbocycles. The number of hydrogen-bond acceptors (Lipinski definition) is 4. The van der Waals surface area contributed by atoms with Gasteiger partial charge >= 0.3 is 0 Å². The minimum atomic E-state index is -0.221. The molecule has 3 aliphatic heterocycles. The van der Waals surface area contributed by atoms with Gasteiger partial charge in [0.05, 0.1) is 5.60 Å². The molecule has 132 valence electrons. The number of rotatable bonds is 5. The van der Waals surface area contributed by atoms with Gasteiger partial charge in [0.15, 0.2) is 12.6 Å². The summed E-state index contributed by atoms with van der Waals surface area (Å²) in [5, 5.41) is 4.56. The molecule has 4 fully saturated rings. The third-order valence-electron chi connectivity index (χ3n) is 6.33. The Bertz CT molecular complexity index is 612. The minimum Gasteiger partial charge on any atom is -0.355 e. The summed E-state index contributed by atoms with van der Waals surface area (Å²) >= 11 is 6.26. The molecule has 5 rings (SSSR count). The van der Waals surface area contributed by atoms with Gasteiger partial charge in [0, 0.05) is 30.0 Å². The van der Waals surface area contributed by atoms with Crippen LogP contribution in [-0.4, -0.2) is 37.9 Å². The van der Waals surface area contributed by atoms with Gasteiger partial charge in [0.2, 0.25) is 0 Å². The highest BCUT2D eigenvalue weighted by molar-refractivity contribution is 6.31. The summed E-state index contributed by atoms with van der Waals surface area (Å²) in [5.41, 5.74) is 0.966. The maximum atomic E-state index is 6.36. The molecule has 24 heavy (non-hydrogen) atoms. The lowest BCUT2D eigenvalue weighted by Gasteiger charge is -2.55. The lowest BCUT2D eigenvalue weighted by atomic mass is 9.74. The highest BCUT2D eigenvalue weighted by Gasteiger charge is 2.66. The molecule has 7 unspecified atom stereocenters. The minimum absolute atomic E-state index is 0.148. The first-order valence-corrected chi connectivity index (χ1v) is 9.25. The molecule has 1 aromatic rings. The fraction of sp³-hybridized carbons (Fsp3) is 0.684. The van der Waals surface area contributed by atoms with Crippen molar-refractivity contribution in [3.63, 3.8) is 0 Å². The molecule has 5 heteroatoms. The second-order valence-electron chi connectivity index (χ2n) is 7.54. The Labute approximate surface area is 148 Å². The van der Waals surface area contributed by atoms with Crippen molar-refractivity contribution in [2.75, 3.05) is 13.7 Å². The third kappa shape index (κ3) is 2.51. The van der Waals surface area contributed by atoms with Crippen LogP contribution in [0.3, 0.4) is 0 Å². The van der Waals surface area contributed by atoms with Crippen LogP contribution in [0.2, 0.25) is 5.02 Å². The van der Waals surface area contributed by atoms with Crippen molar-refractivity contribution in [1.29, 1.82) is 0 Å². The van der Waals surface area contributed by atoms with Crippen LogP contribution in [0.15, 0.2) is 24.3 Å². The molecule has 4 aliphatic rings. The normalized spacial score (nSPS) is 43.3. The third-order valence-corrected chi connectivity index (χ3v) is 6.70. The van der Waals surface area contributed by atoms with Gasteiger partial charge in [-0.05, 0) is 43.9 Å². The lowest BCUT2D eigenvalue weighted by Crippen LogP contribution is -2.65. The molecule has 4 nitrogen and oxygen atoms in total. The number of ether oxygens (including phenoxy) is 3. The Kier molecular flexibility index (Phi) is 4.38. The zero-order valence-corrected chi connectivity index (χ0v) is 15.3. The van der Waals surface area contributed by atoms with Gasteiger partial charge in [-0.15, -0.1) is 0 Å². The first-order chi connectivity index (χ1) is 11.5. The van der Waals surface area contributed by atoms with Crippen molar-refractivity contribution in [3.8, 4) is 0 Å². The van der Waals surface area contributed by atoms with E-state index in [1.165, 1.54) is 5.56 Å². The Morgan fingerprint density at radius 2 is 2.17 bits per heavy atom. The summed E-state index contributed by atoms with van der Waals surface area (Å²) in [6, 6.07) is 8.37. The summed E-state index contributed by atoms with van der Waals surface area (Å²) in [6.45, 7) is 5.35. The number of benzene rings is 1. The summed E-state index contributed by atoms with van der Waals surface area (Å²) in [4.78, 5) is 0. The molecular weight excluding hydrogens is 326 g/mol. The lowest BCUT2D eigenvalue weighted by molar-refractivity contribution is -0.401. The van der Waals surface area contributed by atoms with Crippen LogP contribution in [-0.2, 0) is 20.6 Å². The number of hydrogen-bond donors (Lipinski definition) is 1. The van der Waals surface area contributed by atoms with E-state index in [0.717, 1.165) is 24.4 Å². The summed E-state index contributed by atoms with van der Waals surface area (Å²) in [6.07, 6.45) is 1.74. The van der Waals surface area contributed by atoms with Gasteiger partial charge < -0.3 is 19.5 Å². The Morgan fingerprint density at radius 1 is 1.38 bits per heavy atom. The molecular formula is C19H26ClNO3. The first-order valence-electron chi connectivity index (χ1n) is 8.87. The topological polar surface area (TPSA) is 39.7 Å². The molecule has 0 amide bonds. The van der Waals surface area contributed by atoms with E-state index in [-0.39, 0.29) is 18.2 Å². The largest absolute Gasteiger partial charge is 0.355 e. The molecule has 0 spiro atoms. The first kappa shape index (κ1) is 16.8. The van der Waals surface area contributed by atoms with Crippen molar-refractivity contribution >= 4 is 11.6 Å². The Hall–Kier alpha value is -0.650. The SMILES string of the molecule is COC1OC2OC3(C)C(NCCc4ccccc4Cl)CC(C2C)C13. The van der Waals surface area contributed by atoms with E-state index in [0.29, 0.717) is 23.8 Å². The smallest absolute Gasteiger partial charge is 0.166 e. The molecule has 1 N–H and O–H groups in total. The van der Waals surface area contributed by atoms with E-state index in [9.17, 15) is 0 Å². The van der Waals surface area contributed by atoms with Gasteiger partial charge in [-0.25, -0.2) is 0 Å². The summed E-state index contributed by atoms with van der Waals surface area (Å²) in [5.74, 6) is 1.30. The van der Waals surface area contributed by atoms with Crippen molar-refractivity contribution < 1.29 is 14.2 Å². The maximum Gasteiger partial charge on any atom is 0.166 e. The van der Waals surface area contributed by atoms with Gasteiger partial charge in [-0.2, -0.15) is 0 Å². The average molecular weight is 352 g/mol. The van der Waals surface area contributed by atoms with Crippen LogP contribution in [0.4, 0.5) is 0 Å². The van der Waals surface area contributed by atoms with Crippen molar-refractivity contribution in [2.45, 2.75) is 50.9 Å². The van der Waals surface area contributed by atoms with Crippen LogP contribution in [0.5, 0.6) is 0 Å². The van der Waals surface area contributed by atoms with E-state index in [2.05, 4.69) is 25.2 Å². The zero-order valence-electron chi connectivity index (χ0n) is 14.5. The van der Waals surface area contributed by atoms with Crippen molar-refractivity contribution in [1.82, 2.24) is 5.32 Å². The molecule has 3 heterocycles. The summed E-state index contributed by atoms with van der Waals surface area (Å²) in [7, 11) is 1.73.